The lowest BCUT2D eigenvalue weighted by Gasteiger charge is -2.21. The highest BCUT2D eigenvalue weighted by molar-refractivity contribution is 7.80. The Hall–Kier alpha value is -2.40. The minimum Gasteiger partial charge on any atom is -0.432 e. The summed E-state index contributed by atoms with van der Waals surface area (Å²) in [6, 6.07) is 14.7. The van der Waals surface area contributed by atoms with Crippen LogP contribution in [0.25, 0.3) is 0 Å². The van der Waals surface area contributed by atoms with Crippen LogP contribution in [0.2, 0.25) is 0 Å². The van der Waals surface area contributed by atoms with Gasteiger partial charge in [0.15, 0.2) is 0 Å². The monoisotopic (exact) mass is 342 g/mol. The van der Waals surface area contributed by atoms with Crippen LogP contribution in [0, 0.1) is 6.92 Å². The van der Waals surface area contributed by atoms with E-state index in [0.717, 1.165) is 24.3 Å². The molecule has 0 aliphatic carbocycles. The van der Waals surface area contributed by atoms with E-state index in [1.54, 1.807) is 24.3 Å². The molecule has 0 fully saturated rings. The van der Waals surface area contributed by atoms with Crippen molar-refractivity contribution in [3.63, 3.8) is 0 Å². The SMILES string of the molecule is CCN(CC)C(=S)Oc1cccc(C(=O)Nc2ccc(C)cc2)c1. The molecule has 126 valence electrons. The van der Waals surface area contributed by atoms with Crippen molar-refractivity contribution in [2.75, 3.05) is 18.4 Å². The average molecular weight is 342 g/mol. The number of thiocarbonyl (C=S) groups is 1. The van der Waals surface area contributed by atoms with Crippen molar-refractivity contribution in [3.8, 4) is 5.75 Å². The van der Waals surface area contributed by atoms with Gasteiger partial charge in [0.2, 0.25) is 0 Å². The summed E-state index contributed by atoms with van der Waals surface area (Å²) in [7, 11) is 0. The highest BCUT2D eigenvalue weighted by atomic mass is 32.1. The minimum absolute atomic E-state index is 0.182. The van der Waals surface area contributed by atoms with Crippen LogP contribution in [0.1, 0.15) is 29.8 Å². The quantitative estimate of drug-likeness (QED) is 0.825. The average Bonchev–Trinajstić information content (AvgIpc) is 2.58. The van der Waals surface area contributed by atoms with Crippen LogP contribution in [0.15, 0.2) is 48.5 Å². The van der Waals surface area contributed by atoms with Gasteiger partial charge in [-0.2, -0.15) is 0 Å². The Bertz CT molecular complexity index is 710. The summed E-state index contributed by atoms with van der Waals surface area (Å²) in [5.41, 5.74) is 2.43. The molecule has 2 aromatic rings. The zero-order chi connectivity index (χ0) is 17.5. The van der Waals surface area contributed by atoms with E-state index in [1.165, 1.54) is 0 Å². The smallest absolute Gasteiger partial charge is 0.264 e. The zero-order valence-electron chi connectivity index (χ0n) is 14.2. The Morgan fingerprint density at radius 1 is 1.12 bits per heavy atom. The van der Waals surface area contributed by atoms with E-state index < -0.39 is 0 Å². The van der Waals surface area contributed by atoms with E-state index in [9.17, 15) is 4.79 Å². The summed E-state index contributed by atoms with van der Waals surface area (Å²) in [4.78, 5) is 14.3. The number of nitrogens with one attached hydrogen (secondary N) is 1. The van der Waals surface area contributed by atoms with E-state index in [1.807, 2.05) is 49.9 Å². The molecule has 0 radical (unpaired) electrons. The number of carbonyl (C=O) groups is 1. The standard InChI is InChI=1S/C19H22N2O2S/c1-4-21(5-2)19(24)23-17-8-6-7-15(13-17)18(22)20-16-11-9-14(3)10-12-16/h6-13H,4-5H2,1-3H3,(H,20,22). The Kier molecular flexibility index (Phi) is 6.32. The van der Waals surface area contributed by atoms with Gasteiger partial charge in [-0.3, -0.25) is 4.79 Å². The first-order valence-electron chi connectivity index (χ1n) is 7.98. The second kappa shape index (κ2) is 8.45. The predicted molar refractivity (Wildman–Crippen MR) is 102 cm³/mol. The highest BCUT2D eigenvalue weighted by Crippen LogP contribution is 2.17. The molecule has 0 aliphatic rings. The van der Waals surface area contributed by atoms with Gasteiger partial charge in [-0.05, 0) is 63.3 Å². The predicted octanol–water partition coefficient (Wildman–Crippen LogP) is 4.25. The number of ether oxygens (including phenoxy) is 1. The number of amides is 1. The van der Waals surface area contributed by atoms with E-state index in [0.29, 0.717) is 16.5 Å². The van der Waals surface area contributed by atoms with Gasteiger partial charge in [-0.1, -0.05) is 23.8 Å². The molecule has 0 bridgehead atoms. The van der Waals surface area contributed by atoms with Crippen molar-refractivity contribution in [1.82, 2.24) is 4.90 Å². The summed E-state index contributed by atoms with van der Waals surface area (Å²) < 4.78 is 5.69. The van der Waals surface area contributed by atoms with E-state index in [2.05, 4.69) is 5.32 Å². The van der Waals surface area contributed by atoms with Crippen LogP contribution in [0.5, 0.6) is 5.75 Å². The van der Waals surface area contributed by atoms with Crippen LogP contribution >= 0.6 is 12.2 Å². The summed E-state index contributed by atoms with van der Waals surface area (Å²) in [6.45, 7) is 7.60. The van der Waals surface area contributed by atoms with Crippen molar-refractivity contribution < 1.29 is 9.53 Å². The van der Waals surface area contributed by atoms with Gasteiger partial charge in [0.05, 0.1) is 0 Å². The molecular formula is C19H22N2O2S. The third-order valence-electron chi connectivity index (χ3n) is 3.63. The lowest BCUT2D eigenvalue weighted by atomic mass is 10.2. The number of carbonyl (C=O) groups excluding carboxylic acids is 1. The second-order valence-corrected chi connectivity index (χ2v) is 5.74. The number of anilines is 1. The Balaban J connectivity index is 2.07. The summed E-state index contributed by atoms with van der Waals surface area (Å²) in [5.74, 6) is 0.376. The fourth-order valence-electron chi connectivity index (χ4n) is 2.19. The molecule has 0 unspecified atom stereocenters. The Morgan fingerprint density at radius 3 is 2.42 bits per heavy atom. The summed E-state index contributed by atoms with van der Waals surface area (Å²) in [6.07, 6.45) is 0. The third-order valence-corrected chi connectivity index (χ3v) is 3.97. The highest BCUT2D eigenvalue weighted by Gasteiger charge is 2.11. The molecule has 0 saturated heterocycles. The molecule has 0 spiro atoms. The Labute approximate surface area is 148 Å². The number of benzene rings is 2. The zero-order valence-corrected chi connectivity index (χ0v) is 15.0. The molecular weight excluding hydrogens is 320 g/mol. The van der Waals surface area contributed by atoms with Crippen molar-refractivity contribution in [2.24, 2.45) is 0 Å². The maximum atomic E-state index is 12.4. The molecule has 0 saturated carbocycles. The maximum Gasteiger partial charge on any atom is 0.264 e. The molecule has 1 amide bonds. The van der Waals surface area contributed by atoms with Crippen molar-refractivity contribution in [1.29, 1.82) is 0 Å². The number of aryl methyl sites for hydroxylation is 1. The number of hydrogen-bond acceptors (Lipinski definition) is 3. The first-order chi connectivity index (χ1) is 11.5. The molecule has 5 heteroatoms. The topological polar surface area (TPSA) is 41.6 Å². The third kappa shape index (κ3) is 4.80. The molecule has 2 aromatic carbocycles. The van der Waals surface area contributed by atoms with Gasteiger partial charge in [0.25, 0.3) is 11.1 Å². The van der Waals surface area contributed by atoms with E-state index >= 15 is 0 Å². The largest absolute Gasteiger partial charge is 0.432 e. The minimum atomic E-state index is -0.182. The molecule has 0 heterocycles. The first-order valence-corrected chi connectivity index (χ1v) is 8.39. The van der Waals surface area contributed by atoms with Gasteiger partial charge in [-0.25, -0.2) is 0 Å². The molecule has 0 aromatic heterocycles. The fraction of sp³-hybridized carbons (Fsp3) is 0.263. The normalized spacial score (nSPS) is 10.1. The van der Waals surface area contributed by atoms with Gasteiger partial charge in [0.1, 0.15) is 5.75 Å². The number of hydrogen-bond donors (Lipinski definition) is 1. The maximum absolute atomic E-state index is 12.4. The van der Waals surface area contributed by atoms with Crippen molar-refractivity contribution in [2.45, 2.75) is 20.8 Å². The molecule has 1 N–H and O–H groups in total. The lowest BCUT2D eigenvalue weighted by Crippen LogP contribution is -2.32. The molecule has 0 aliphatic heterocycles. The second-order valence-electron chi connectivity index (χ2n) is 5.39. The molecule has 4 nitrogen and oxygen atoms in total. The Morgan fingerprint density at radius 2 is 1.79 bits per heavy atom. The van der Waals surface area contributed by atoms with Crippen LogP contribution in [0.4, 0.5) is 5.69 Å². The fourth-order valence-corrected chi connectivity index (χ4v) is 2.54. The molecule has 24 heavy (non-hydrogen) atoms. The van der Waals surface area contributed by atoms with Crippen LogP contribution in [0.3, 0.4) is 0 Å². The van der Waals surface area contributed by atoms with E-state index in [-0.39, 0.29) is 5.91 Å². The number of nitrogens with zero attached hydrogens (tertiary/aromatic N) is 1. The van der Waals surface area contributed by atoms with Gasteiger partial charge >= 0.3 is 0 Å². The number of rotatable bonds is 5. The van der Waals surface area contributed by atoms with Gasteiger partial charge < -0.3 is 15.0 Å². The van der Waals surface area contributed by atoms with Gasteiger partial charge in [-0.15, -0.1) is 0 Å². The van der Waals surface area contributed by atoms with Crippen LogP contribution in [-0.4, -0.2) is 29.1 Å². The molecule has 0 atom stereocenters. The van der Waals surface area contributed by atoms with Crippen molar-refractivity contribution >= 4 is 29.0 Å². The van der Waals surface area contributed by atoms with E-state index in [4.69, 9.17) is 17.0 Å². The lowest BCUT2D eigenvalue weighted by molar-refractivity contribution is 0.102. The molecule has 2 rings (SSSR count). The van der Waals surface area contributed by atoms with Crippen molar-refractivity contribution in [3.05, 3.63) is 59.7 Å². The summed E-state index contributed by atoms with van der Waals surface area (Å²) in [5, 5.41) is 3.29. The summed E-state index contributed by atoms with van der Waals surface area (Å²) >= 11 is 5.29. The van der Waals surface area contributed by atoms with Crippen LogP contribution < -0.4 is 10.1 Å². The first kappa shape index (κ1) is 17.9. The van der Waals surface area contributed by atoms with Gasteiger partial charge in [0, 0.05) is 24.3 Å². The van der Waals surface area contributed by atoms with Crippen LogP contribution in [-0.2, 0) is 0 Å².